The molecule has 11 heteroatoms. The van der Waals surface area contributed by atoms with Gasteiger partial charge in [0.15, 0.2) is 0 Å². The molecule has 0 unspecified atom stereocenters. The first-order valence-corrected chi connectivity index (χ1v) is 14.3. The minimum Gasteiger partial charge on any atom is -0.492 e. The van der Waals surface area contributed by atoms with Crippen molar-refractivity contribution in [2.75, 3.05) is 46.1 Å². The Bertz CT molecular complexity index is 1180. The van der Waals surface area contributed by atoms with Crippen molar-refractivity contribution in [1.82, 2.24) is 14.8 Å². The minimum absolute atomic E-state index is 0.140. The largest absolute Gasteiger partial charge is 0.492 e. The van der Waals surface area contributed by atoms with Crippen LogP contribution in [0.2, 0.25) is 0 Å². The van der Waals surface area contributed by atoms with Gasteiger partial charge in [-0.05, 0) is 31.4 Å². The number of aliphatic hydroxyl groups is 1. The summed E-state index contributed by atoms with van der Waals surface area (Å²) in [6.45, 7) is 7.03. The number of likely N-dealkylation sites (tertiary alicyclic amines) is 1. The number of alkyl halides is 4. The quantitative estimate of drug-likeness (QED) is 0.212. The molecule has 2 N–H and O–H groups in total. The number of rotatable bonds is 8. The van der Waals surface area contributed by atoms with E-state index in [4.69, 9.17) is 9.84 Å². The average molecular weight is 616 g/mol. The van der Waals surface area contributed by atoms with Crippen molar-refractivity contribution in [2.24, 2.45) is 5.92 Å². The molecule has 1 aromatic heterocycles. The number of fused-ring (bicyclic) bond motifs is 3. The number of aliphatic hydroxyl groups excluding tert-OH is 1. The van der Waals surface area contributed by atoms with Crippen LogP contribution in [-0.2, 0) is 13.0 Å². The number of halogens is 6. The van der Waals surface area contributed by atoms with Crippen molar-refractivity contribution in [3.05, 3.63) is 65.4 Å². The van der Waals surface area contributed by atoms with Gasteiger partial charge in [0.1, 0.15) is 24.0 Å². The van der Waals surface area contributed by atoms with Gasteiger partial charge in [0.25, 0.3) is 0 Å². The van der Waals surface area contributed by atoms with E-state index < -0.39 is 18.3 Å². The van der Waals surface area contributed by atoms with Crippen molar-refractivity contribution < 1.29 is 36.2 Å². The van der Waals surface area contributed by atoms with Gasteiger partial charge in [-0.3, -0.25) is 14.2 Å². The van der Waals surface area contributed by atoms with E-state index in [-0.39, 0.29) is 24.9 Å². The van der Waals surface area contributed by atoms with Crippen LogP contribution in [0.25, 0.3) is 10.9 Å². The molecule has 43 heavy (non-hydrogen) atoms. The Morgan fingerprint density at radius 3 is 2.21 bits per heavy atom. The number of benzene rings is 2. The predicted molar refractivity (Wildman–Crippen MR) is 160 cm³/mol. The van der Waals surface area contributed by atoms with Gasteiger partial charge in [-0.25, -0.2) is 8.78 Å². The number of terminal acetylenes is 1. The van der Waals surface area contributed by atoms with Crippen LogP contribution in [0.4, 0.5) is 26.3 Å². The molecule has 2 aliphatic rings. The fraction of sp³-hybridized carbons (Fsp3) is 0.500. The molecule has 0 spiro atoms. The van der Waals surface area contributed by atoms with Gasteiger partial charge in [-0.2, -0.15) is 13.2 Å². The first-order chi connectivity index (χ1) is 20.7. The van der Waals surface area contributed by atoms with E-state index in [1.807, 2.05) is 18.7 Å². The zero-order valence-electron chi connectivity index (χ0n) is 25.0. The topological polar surface area (TPSA) is 51.7 Å². The van der Waals surface area contributed by atoms with Gasteiger partial charge >= 0.3 is 6.68 Å². The summed E-state index contributed by atoms with van der Waals surface area (Å²) in [4.78, 5) is 8.03. The number of nitrogens with one attached hydrogen (secondary N) is 1. The molecular formula is C32H43F6N3O2. The van der Waals surface area contributed by atoms with Crippen molar-refractivity contribution in [3.8, 4) is 18.6 Å². The monoisotopic (exact) mass is 615 g/mol. The van der Waals surface area contributed by atoms with Crippen LogP contribution in [0.3, 0.4) is 0 Å². The Labute approximate surface area is 250 Å². The van der Waals surface area contributed by atoms with Crippen molar-refractivity contribution >= 4 is 10.9 Å². The summed E-state index contributed by atoms with van der Waals surface area (Å²) in [5, 5.41) is 10.3. The third-order valence-corrected chi connectivity index (χ3v) is 6.75. The Balaban J connectivity index is 0.000000348. The molecule has 0 aliphatic carbocycles. The highest BCUT2D eigenvalue weighted by molar-refractivity contribution is 5.84. The van der Waals surface area contributed by atoms with Crippen molar-refractivity contribution in [2.45, 2.75) is 52.9 Å². The van der Waals surface area contributed by atoms with Crippen molar-refractivity contribution in [3.63, 3.8) is 0 Å². The lowest BCUT2D eigenvalue weighted by Crippen LogP contribution is -2.49. The highest BCUT2D eigenvalue weighted by atomic mass is 19.4. The first-order valence-electron chi connectivity index (χ1n) is 14.3. The first kappa shape index (κ1) is 37.8. The second-order valence-electron chi connectivity index (χ2n) is 9.71. The minimum atomic E-state index is -3.67. The van der Waals surface area contributed by atoms with E-state index >= 15 is 0 Å². The lowest BCUT2D eigenvalue weighted by molar-refractivity contribution is 0.00818. The van der Waals surface area contributed by atoms with Gasteiger partial charge in [-0.15, -0.1) is 12.8 Å². The molecule has 5 rings (SSSR count). The highest BCUT2D eigenvalue weighted by Crippen LogP contribution is 2.30. The lowest BCUT2D eigenvalue weighted by atomic mass is 9.97. The SMILES string of the molecule is C#C.CC.C[C@@H]1Cc2c([nH]c3ccccc23)CN1CCCO.FC(F)F.FCC1CN(CCOc2cc(F)cc(F)c2)C1. The van der Waals surface area contributed by atoms with Gasteiger partial charge in [0.2, 0.25) is 0 Å². The maximum Gasteiger partial charge on any atom is 0.379 e. The summed E-state index contributed by atoms with van der Waals surface area (Å²) in [5.41, 5.74) is 4.09. The summed E-state index contributed by atoms with van der Waals surface area (Å²) < 4.78 is 72.0. The molecule has 0 amide bonds. The summed E-state index contributed by atoms with van der Waals surface area (Å²) >= 11 is 0. The van der Waals surface area contributed by atoms with Gasteiger partial charge < -0.3 is 14.8 Å². The summed E-state index contributed by atoms with van der Waals surface area (Å²) in [5.74, 6) is -0.977. The zero-order valence-corrected chi connectivity index (χ0v) is 25.0. The van der Waals surface area contributed by atoms with Crippen LogP contribution in [0.15, 0.2) is 42.5 Å². The molecule has 3 aromatic rings. The molecule has 1 fully saturated rings. The van der Waals surface area contributed by atoms with Crippen LogP contribution in [0.5, 0.6) is 5.75 Å². The Hall–Kier alpha value is -3.20. The molecule has 0 saturated carbocycles. The fourth-order valence-electron chi connectivity index (χ4n) is 4.84. The number of hydrogen-bond donors (Lipinski definition) is 2. The molecule has 2 aliphatic heterocycles. The molecule has 0 bridgehead atoms. The summed E-state index contributed by atoms with van der Waals surface area (Å²) in [6, 6.07) is 12.2. The molecule has 3 heterocycles. The van der Waals surface area contributed by atoms with E-state index in [0.717, 1.165) is 57.2 Å². The fourth-order valence-corrected chi connectivity index (χ4v) is 4.84. The molecule has 1 atom stereocenters. The number of hydrogen-bond acceptors (Lipinski definition) is 4. The van der Waals surface area contributed by atoms with E-state index in [0.29, 0.717) is 19.2 Å². The average Bonchev–Trinajstić information content (AvgIpc) is 3.32. The van der Waals surface area contributed by atoms with Crippen LogP contribution in [0.1, 0.15) is 38.4 Å². The Morgan fingerprint density at radius 2 is 1.63 bits per heavy atom. The third kappa shape index (κ3) is 12.9. The van der Waals surface area contributed by atoms with Crippen LogP contribution >= 0.6 is 0 Å². The third-order valence-electron chi connectivity index (χ3n) is 6.75. The van der Waals surface area contributed by atoms with E-state index in [1.165, 1.54) is 22.2 Å². The Kier molecular flexibility index (Phi) is 18.2. The number of para-hydroxylation sites is 1. The molecule has 2 aromatic carbocycles. The van der Waals surface area contributed by atoms with E-state index in [1.54, 1.807) is 0 Å². The van der Waals surface area contributed by atoms with E-state index in [9.17, 15) is 26.3 Å². The maximum atomic E-state index is 12.8. The maximum absolute atomic E-state index is 12.8. The predicted octanol–water partition coefficient (Wildman–Crippen LogP) is 7.00. The number of aromatic nitrogens is 1. The van der Waals surface area contributed by atoms with Gasteiger partial charge in [0.05, 0.1) is 6.67 Å². The zero-order chi connectivity index (χ0) is 32.4. The smallest absolute Gasteiger partial charge is 0.379 e. The summed E-state index contributed by atoms with van der Waals surface area (Å²) in [6.07, 6.45) is 9.96. The molecule has 5 nitrogen and oxygen atoms in total. The molecular weight excluding hydrogens is 572 g/mol. The second kappa shape index (κ2) is 20.7. The number of H-pyrrole nitrogens is 1. The van der Waals surface area contributed by atoms with Crippen LogP contribution in [-0.4, -0.2) is 78.7 Å². The normalized spacial score (nSPS) is 16.2. The molecule has 0 radical (unpaired) electrons. The highest BCUT2D eigenvalue weighted by Gasteiger charge is 2.26. The van der Waals surface area contributed by atoms with E-state index in [2.05, 4.69) is 53.9 Å². The number of nitrogens with zero attached hydrogens (tertiary/aromatic N) is 2. The number of ether oxygens (including phenoxy) is 1. The summed E-state index contributed by atoms with van der Waals surface area (Å²) in [7, 11) is 0. The standard InChI is InChI=1S/C15H20N2O.C12H14F3NO.C2H6.C2H2.CHF3/c1-11-9-13-12-5-2-3-6-14(12)16-15(13)10-17(11)7-4-8-18;13-6-9-7-16(8-9)1-2-17-12-4-10(14)3-11(15)5-12;2*1-2;2-1(3)4/h2-3,5-6,11,16,18H,4,7-10H2,1H3;3-5,9H,1-2,6-8H2;1-2H3;1-2H;1H/t11-;;;;/m1..../s1. The molecule has 240 valence electrons. The Morgan fingerprint density at radius 1 is 1.02 bits per heavy atom. The lowest BCUT2D eigenvalue weighted by Gasteiger charge is -2.37. The van der Waals surface area contributed by atoms with Gasteiger partial charge in [-0.1, -0.05) is 32.0 Å². The second-order valence-corrected chi connectivity index (χ2v) is 9.71. The molecule has 1 saturated heterocycles. The van der Waals surface area contributed by atoms with Crippen LogP contribution in [0, 0.1) is 30.4 Å². The van der Waals surface area contributed by atoms with Crippen LogP contribution < -0.4 is 4.74 Å². The van der Waals surface area contributed by atoms with Crippen molar-refractivity contribution in [1.29, 1.82) is 0 Å². The number of aromatic amines is 1. The van der Waals surface area contributed by atoms with Gasteiger partial charge in [0, 0.05) is 86.1 Å².